The van der Waals surface area contributed by atoms with E-state index in [-0.39, 0.29) is 41.1 Å². The number of hydrogen-bond donors (Lipinski definition) is 2. The maximum Gasteiger partial charge on any atom is 0.250 e. The fourth-order valence-corrected chi connectivity index (χ4v) is 7.41. The molecule has 2 bridgehead atoms. The van der Waals surface area contributed by atoms with Crippen molar-refractivity contribution in [2.75, 3.05) is 13.9 Å². The molecule has 0 saturated heterocycles. The standard InChI is InChI=1S/C27H48O5Si/c1-17-19-15-20-22(32-33(9,10)25(2,3)4)12-11-18(26(20,5)6)23(28)24(29)27(19,7)14-13-21(17)31-16-30-8/h12,18-21,23-24,28-29H,1,11,13-16H2,2-10H3/t18-,19+,20-,21-,23+,24-,27+/m0/s1. The summed E-state index contributed by atoms with van der Waals surface area (Å²) in [6, 6.07) is 0. The van der Waals surface area contributed by atoms with E-state index in [1.54, 1.807) is 7.11 Å². The minimum absolute atomic E-state index is 0.0160. The quantitative estimate of drug-likeness (QED) is 0.303. The van der Waals surface area contributed by atoms with Gasteiger partial charge in [0.2, 0.25) is 8.32 Å². The maximum absolute atomic E-state index is 11.5. The first-order chi connectivity index (χ1) is 15.1. The van der Waals surface area contributed by atoms with Crippen LogP contribution in [0.2, 0.25) is 18.1 Å². The molecule has 190 valence electrons. The van der Waals surface area contributed by atoms with Crippen LogP contribution < -0.4 is 0 Å². The van der Waals surface area contributed by atoms with Crippen molar-refractivity contribution in [1.29, 1.82) is 0 Å². The van der Waals surface area contributed by atoms with Crippen LogP contribution in [-0.2, 0) is 13.9 Å². The molecular weight excluding hydrogens is 432 g/mol. The van der Waals surface area contributed by atoms with Crippen LogP contribution in [0.25, 0.3) is 0 Å². The molecule has 0 unspecified atom stereocenters. The van der Waals surface area contributed by atoms with Crippen molar-refractivity contribution < 1.29 is 24.1 Å². The topological polar surface area (TPSA) is 68.2 Å². The molecule has 0 aromatic rings. The average molecular weight is 481 g/mol. The number of ether oxygens (including phenoxy) is 2. The molecule has 33 heavy (non-hydrogen) atoms. The Hall–Kier alpha value is -0.663. The summed E-state index contributed by atoms with van der Waals surface area (Å²) in [5, 5.41) is 23.1. The van der Waals surface area contributed by atoms with Gasteiger partial charge in [-0.3, -0.25) is 0 Å². The molecule has 6 heteroatoms. The van der Waals surface area contributed by atoms with Crippen molar-refractivity contribution in [1.82, 2.24) is 0 Å². The van der Waals surface area contributed by atoms with E-state index in [4.69, 9.17) is 13.9 Å². The van der Waals surface area contributed by atoms with Crippen molar-refractivity contribution in [2.24, 2.45) is 28.6 Å². The van der Waals surface area contributed by atoms with Crippen LogP contribution >= 0.6 is 0 Å². The molecule has 0 aromatic carbocycles. The van der Waals surface area contributed by atoms with Gasteiger partial charge in [0.25, 0.3) is 0 Å². The molecule has 0 spiro atoms. The van der Waals surface area contributed by atoms with Gasteiger partial charge in [-0.25, -0.2) is 0 Å². The second kappa shape index (κ2) is 9.09. The summed E-state index contributed by atoms with van der Waals surface area (Å²) >= 11 is 0. The Labute approximate surface area is 202 Å². The highest BCUT2D eigenvalue weighted by atomic mass is 28.4. The number of hydrogen-bond acceptors (Lipinski definition) is 5. The summed E-state index contributed by atoms with van der Waals surface area (Å²) < 4.78 is 18.1. The van der Waals surface area contributed by atoms with Crippen LogP contribution in [-0.4, -0.2) is 50.7 Å². The molecule has 7 atom stereocenters. The van der Waals surface area contributed by atoms with Crippen LogP contribution in [0.4, 0.5) is 0 Å². The Kier molecular flexibility index (Phi) is 7.42. The number of rotatable bonds is 5. The average Bonchev–Trinajstić information content (AvgIpc) is 2.69. The van der Waals surface area contributed by atoms with E-state index in [0.29, 0.717) is 0 Å². The largest absolute Gasteiger partial charge is 0.547 e. The molecule has 0 aliphatic heterocycles. The summed E-state index contributed by atoms with van der Waals surface area (Å²) in [5.41, 5.74) is 0.350. The van der Waals surface area contributed by atoms with Gasteiger partial charge in [-0.2, -0.15) is 0 Å². The Morgan fingerprint density at radius 1 is 1.15 bits per heavy atom. The van der Waals surface area contributed by atoms with Gasteiger partial charge in [-0.1, -0.05) is 48.1 Å². The van der Waals surface area contributed by atoms with Gasteiger partial charge >= 0.3 is 0 Å². The fourth-order valence-electron chi connectivity index (χ4n) is 6.28. The van der Waals surface area contributed by atoms with Gasteiger partial charge in [0.15, 0.2) is 0 Å². The molecule has 3 aliphatic carbocycles. The van der Waals surface area contributed by atoms with Crippen molar-refractivity contribution in [3.63, 3.8) is 0 Å². The third kappa shape index (κ3) is 4.63. The Bertz CT molecular complexity index is 767. The monoisotopic (exact) mass is 480 g/mol. The van der Waals surface area contributed by atoms with Gasteiger partial charge < -0.3 is 24.1 Å². The van der Waals surface area contributed by atoms with E-state index in [9.17, 15) is 10.2 Å². The van der Waals surface area contributed by atoms with Gasteiger partial charge in [0, 0.05) is 18.4 Å². The number of fused-ring (bicyclic) bond motifs is 3. The van der Waals surface area contributed by atoms with Crippen molar-refractivity contribution in [3.8, 4) is 0 Å². The van der Waals surface area contributed by atoms with Crippen LogP contribution in [0.3, 0.4) is 0 Å². The summed E-state index contributed by atoms with van der Waals surface area (Å²) in [5.74, 6) is 1.24. The molecule has 2 saturated carbocycles. The van der Waals surface area contributed by atoms with E-state index in [2.05, 4.69) is 67.3 Å². The first-order valence-corrected chi connectivity index (χ1v) is 15.5. The molecule has 0 amide bonds. The van der Waals surface area contributed by atoms with Crippen LogP contribution in [0, 0.1) is 28.6 Å². The fraction of sp³-hybridized carbons (Fsp3) is 0.852. The van der Waals surface area contributed by atoms with Crippen LogP contribution in [0.1, 0.15) is 67.2 Å². The van der Waals surface area contributed by atoms with Gasteiger partial charge in [0.05, 0.1) is 24.1 Å². The molecule has 3 aliphatic rings. The third-order valence-corrected chi connectivity index (χ3v) is 14.2. The highest BCUT2D eigenvalue weighted by molar-refractivity contribution is 6.74. The third-order valence-electron chi connectivity index (χ3n) is 9.82. The molecule has 3 rings (SSSR count). The van der Waals surface area contributed by atoms with Gasteiger partial charge in [0.1, 0.15) is 6.79 Å². The summed E-state index contributed by atoms with van der Waals surface area (Å²) in [7, 11) is -0.394. The highest BCUT2D eigenvalue weighted by Crippen LogP contribution is 2.60. The summed E-state index contributed by atoms with van der Waals surface area (Å²) in [4.78, 5) is 0. The highest BCUT2D eigenvalue weighted by Gasteiger charge is 2.58. The predicted octanol–water partition coefficient (Wildman–Crippen LogP) is 5.64. The van der Waals surface area contributed by atoms with E-state index >= 15 is 0 Å². The SMILES string of the molecule is C=C1[C@@H](OCOC)CC[C@]2(C)[C@@H]1C[C@H]1C(O[Si](C)(C)C(C)(C)C)=CC[C@@H]([C@@H](O)[C@@H]2O)C1(C)C. The molecule has 0 aromatic heterocycles. The van der Waals surface area contributed by atoms with E-state index in [1.807, 2.05) is 0 Å². The van der Waals surface area contributed by atoms with Crippen molar-refractivity contribution in [3.05, 3.63) is 24.0 Å². The Morgan fingerprint density at radius 2 is 1.79 bits per heavy atom. The first kappa shape index (κ1) is 26.9. The van der Waals surface area contributed by atoms with Crippen LogP contribution in [0.15, 0.2) is 24.0 Å². The maximum atomic E-state index is 11.5. The van der Waals surface area contributed by atoms with Gasteiger partial charge in [-0.05, 0) is 72.7 Å². The molecule has 2 fully saturated rings. The molecule has 0 radical (unpaired) electrons. The Balaban J connectivity index is 2.04. The van der Waals surface area contributed by atoms with E-state index in [0.717, 1.165) is 37.0 Å². The summed E-state index contributed by atoms with van der Waals surface area (Å²) in [6.07, 6.45) is 3.66. The van der Waals surface area contributed by atoms with Gasteiger partial charge in [-0.15, -0.1) is 0 Å². The summed E-state index contributed by atoms with van der Waals surface area (Å²) in [6.45, 7) is 22.7. The predicted molar refractivity (Wildman–Crippen MR) is 135 cm³/mol. The minimum atomic E-state index is -2.02. The van der Waals surface area contributed by atoms with Crippen molar-refractivity contribution >= 4 is 8.32 Å². The smallest absolute Gasteiger partial charge is 0.250 e. The lowest BCUT2D eigenvalue weighted by Crippen LogP contribution is -2.59. The second-order valence-electron chi connectivity index (χ2n) is 13.1. The number of aliphatic hydroxyl groups is 2. The lowest BCUT2D eigenvalue weighted by Gasteiger charge is -2.58. The molecule has 2 N–H and O–H groups in total. The van der Waals surface area contributed by atoms with Crippen molar-refractivity contribution in [2.45, 2.75) is 104 Å². The lowest BCUT2D eigenvalue weighted by atomic mass is 9.50. The van der Waals surface area contributed by atoms with E-state index < -0.39 is 25.9 Å². The second-order valence-corrected chi connectivity index (χ2v) is 17.8. The zero-order valence-electron chi connectivity index (χ0n) is 22.4. The lowest BCUT2D eigenvalue weighted by molar-refractivity contribution is -0.167. The molecular formula is C27H48O5Si. The zero-order chi connectivity index (χ0) is 25.0. The Morgan fingerprint density at radius 3 is 2.36 bits per heavy atom. The minimum Gasteiger partial charge on any atom is -0.547 e. The molecule has 0 heterocycles. The van der Waals surface area contributed by atoms with Crippen LogP contribution in [0.5, 0.6) is 0 Å². The normalized spacial score (nSPS) is 39.2. The van der Waals surface area contributed by atoms with E-state index in [1.165, 1.54) is 0 Å². The number of methoxy groups -OCH3 is 1. The first-order valence-electron chi connectivity index (χ1n) is 12.6. The molecule has 5 nitrogen and oxygen atoms in total. The number of allylic oxidation sites excluding steroid dienone is 2. The number of aliphatic hydroxyl groups excluding tert-OH is 2. The zero-order valence-corrected chi connectivity index (χ0v) is 23.4.